The maximum absolute atomic E-state index is 12.8. The van der Waals surface area contributed by atoms with E-state index >= 15 is 0 Å². The Hall–Kier alpha value is -2.76. The number of carbonyl (C=O) groups excluding carboxylic acids is 1. The average molecular weight is 439 g/mol. The van der Waals surface area contributed by atoms with Gasteiger partial charge in [-0.1, -0.05) is 0 Å². The summed E-state index contributed by atoms with van der Waals surface area (Å²) in [5.74, 6) is -0.426. The van der Waals surface area contributed by atoms with Crippen LogP contribution >= 0.6 is 11.3 Å². The summed E-state index contributed by atoms with van der Waals surface area (Å²) in [5.41, 5.74) is 5.42. The van der Waals surface area contributed by atoms with E-state index in [9.17, 15) is 23.1 Å². The monoisotopic (exact) mass is 439 g/mol. The van der Waals surface area contributed by atoms with Gasteiger partial charge in [0.15, 0.2) is 0 Å². The van der Waals surface area contributed by atoms with Crippen molar-refractivity contribution in [3.05, 3.63) is 57.8 Å². The standard InChI is InChI=1S/C19H20F3N5O2S/c1-18(6-7-23,17-25-12(9-28)10-30-17)27-16(29)15-5-4-14(26-15)13-3-2-11(8-24-13)19(20,21)22/h2-5,8,10,26,28H,6-7,9,23H2,1H3,(H,27,29). The summed E-state index contributed by atoms with van der Waals surface area (Å²) >= 11 is 1.31. The molecule has 1 unspecified atom stereocenters. The Kier molecular flexibility index (Phi) is 6.25. The molecule has 3 aromatic heterocycles. The number of nitrogens with one attached hydrogen (secondary N) is 2. The van der Waals surface area contributed by atoms with Crippen LogP contribution in [0.25, 0.3) is 11.4 Å². The highest BCUT2D eigenvalue weighted by molar-refractivity contribution is 7.09. The van der Waals surface area contributed by atoms with Crippen LogP contribution in [-0.4, -0.2) is 32.5 Å². The van der Waals surface area contributed by atoms with E-state index in [0.717, 1.165) is 12.3 Å². The Labute approximate surface area is 174 Å². The molecule has 0 aromatic carbocycles. The summed E-state index contributed by atoms with van der Waals surface area (Å²) in [6.45, 7) is 1.89. The van der Waals surface area contributed by atoms with Crippen molar-refractivity contribution in [2.24, 2.45) is 5.73 Å². The molecule has 0 aliphatic carbocycles. The molecular formula is C19H20F3N5O2S. The lowest BCUT2D eigenvalue weighted by Gasteiger charge is -2.28. The Morgan fingerprint density at radius 3 is 2.63 bits per heavy atom. The van der Waals surface area contributed by atoms with Crippen LogP contribution in [0.15, 0.2) is 35.8 Å². The maximum Gasteiger partial charge on any atom is 0.417 e. The van der Waals surface area contributed by atoms with E-state index in [1.807, 2.05) is 0 Å². The smallest absolute Gasteiger partial charge is 0.390 e. The van der Waals surface area contributed by atoms with Crippen molar-refractivity contribution in [1.82, 2.24) is 20.3 Å². The van der Waals surface area contributed by atoms with Crippen LogP contribution in [-0.2, 0) is 18.3 Å². The minimum atomic E-state index is -4.47. The Morgan fingerprint density at radius 1 is 1.30 bits per heavy atom. The minimum absolute atomic E-state index is 0.205. The first kappa shape index (κ1) is 21.9. The number of nitrogens with zero attached hydrogens (tertiary/aromatic N) is 2. The molecule has 7 nitrogen and oxygen atoms in total. The van der Waals surface area contributed by atoms with Crippen molar-refractivity contribution in [2.45, 2.75) is 31.7 Å². The molecule has 11 heteroatoms. The van der Waals surface area contributed by atoms with Crippen molar-refractivity contribution < 1.29 is 23.1 Å². The predicted molar refractivity (Wildman–Crippen MR) is 106 cm³/mol. The second-order valence-corrected chi connectivity index (χ2v) is 7.70. The second-order valence-electron chi connectivity index (χ2n) is 6.84. The molecular weight excluding hydrogens is 419 g/mol. The number of alkyl halides is 3. The first-order chi connectivity index (χ1) is 14.2. The number of aliphatic hydroxyl groups excluding tert-OH is 1. The van der Waals surface area contributed by atoms with Gasteiger partial charge in [-0.2, -0.15) is 13.2 Å². The first-order valence-corrected chi connectivity index (χ1v) is 9.85. The van der Waals surface area contributed by atoms with Crippen LogP contribution in [0.5, 0.6) is 0 Å². The summed E-state index contributed by atoms with van der Waals surface area (Å²) in [7, 11) is 0. The van der Waals surface area contributed by atoms with Gasteiger partial charge < -0.3 is 21.1 Å². The Morgan fingerprint density at radius 2 is 2.07 bits per heavy atom. The normalized spacial score (nSPS) is 13.8. The molecule has 0 radical (unpaired) electrons. The quantitative estimate of drug-likeness (QED) is 0.452. The first-order valence-electron chi connectivity index (χ1n) is 8.97. The lowest BCUT2D eigenvalue weighted by atomic mass is 9.98. The molecule has 0 bridgehead atoms. The molecule has 0 saturated heterocycles. The van der Waals surface area contributed by atoms with Crippen LogP contribution in [0, 0.1) is 0 Å². The van der Waals surface area contributed by atoms with E-state index in [1.165, 1.54) is 23.5 Å². The SMILES string of the molecule is CC(CCN)(NC(=O)c1ccc(-c2ccc(C(F)(F)F)cn2)[nH]1)c1nc(CO)cs1. The maximum atomic E-state index is 12.8. The zero-order chi connectivity index (χ0) is 21.9. The zero-order valence-electron chi connectivity index (χ0n) is 16.0. The number of amides is 1. The number of thiazole rings is 1. The number of hydrogen-bond acceptors (Lipinski definition) is 6. The fourth-order valence-corrected chi connectivity index (χ4v) is 3.82. The summed E-state index contributed by atoms with van der Waals surface area (Å²) in [6.07, 6.45) is -3.30. The van der Waals surface area contributed by atoms with Crippen molar-refractivity contribution >= 4 is 17.2 Å². The molecule has 0 spiro atoms. The molecule has 0 fully saturated rings. The number of rotatable bonds is 7. The van der Waals surface area contributed by atoms with Gasteiger partial charge in [-0.15, -0.1) is 11.3 Å². The van der Waals surface area contributed by atoms with Crippen LogP contribution in [0.3, 0.4) is 0 Å². The zero-order valence-corrected chi connectivity index (χ0v) is 16.8. The van der Waals surface area contributed by atoms with Crippen molar-refractivity contribution in [2.75, 3.05) is 6.54 Å². The summed E-state index contributed by atoms with van der Waals surface area (Å²) in [6, 6.07) is 5.26. The molecule has 1 amide bonds. The summed E-state index contributed by atoms with van der Waals surface area (Å²) in [4.78, 5) is 23.8. The molecule has 160 valence electrons. The Bertz CT molecular complexity index is 1020. The van der Waals surface area contributed by atoms with Crippen LogP contribution in [0.1, 0.15) is 40.1 Å². The molecule has 3 heterocycles. The van der Waals surface area contributed by atoms with Gasteiger partial charge in [0.1, 0.15) is 10.7 Å². The third kappa shape index (κ3) is 4.69. The van der Waals surface area contributed by atoms with E-state index in [0.29, 0.717) is 29.4 Å². The van der Waals surface area contributed by atoms with Crippen LogP contribution < -0.4 is 11.1 Å². The molecule has 3 aromatic rings. The molecule has 0 aliphatic rings. The van der Waals surface area contributed by atoms with E-state index in [-0.39, 0.29) is 18.0 Å². The molecule has 30 heavy (non-hydrogen) atoms. The van der Waals surface area contributed by atoms with Gasteiger partial charge >= 0.3 is 6.18 Å². The van der Waals surface area contributed by atoms with E-state index in [2.05, 4.69) is 20.3 Å². The lowest BCUT2D eigenvalue weighted by Crippen LogP contribution is -2.45. The van der Waals surface area contributed by atoms with Crippen molar-refractivity contribution in [3.63, 3.8) is 0 Å². The molecule has 0 aliphatic heterocycles. The van der Waals surface area contributed by atoms with Crippen molar-refractivity contribution in [1.29, 1.82) is 0 Å². The van der Waals surface area contributed by atoms with E-state index < -0.39 is 23.2 Å². The van der Waals surface area contributed by atoms with E-state index in [4.69, 9.17) is 5.73 Å². The number of nitrogens with two attached hydrogens (primary N) is 1. The van der Waals surface area contributed by atoms with Crippen LogP contribution in [0.4, 0.5) is 13.2 Å². The molecule has 5 N–H and O–H groups in total. The largest absolute Gasteiger partial charge is 0.417 e. The number of aromatic amines is 1. The number of H-pyrrole nitrogens is 1. The molecule has 0 saturated carbocycles. The predicted octanol–water partition coefficient (Wildman–Crippen LogP) is 3.04. The third-order valence-corrected chi connectivity index (χ3v) is 5.67. The Balaban J connectivity index is 1.79. The fourth-order valence-electron chi connectivity index (χ4n) is 2.86. The van der Waals surface area contributed by atoms with Gasteiger partial charge in [-0.25, -0.2) is 4.98 Å². The topological polar surface area (TPSA) is 117 Å². The lowest BCUT2D eigenvalue weighted by molar-refractivity contribution is -0.137. The highest BCUT2D eigenvalue weighted by Crippen LogP contribution is 2.30. The number of halogens is 3. The van der Waals surface area contributed by atoms with Gasteiger partial charge in [0.2, 0.25) is 0 Å². The highest BCUT2D eigenvalue weighted by atomic mass is 32.1. The van der Waals surface area contributed by atoms with Crippen LogP contribution in [0.2, 0.25) is 0 Å². The fraction of sp³-hybridized carbons (Fsp3) is 0.316. The third-order valence-electron chi connectivity index (χ3n) is 4.52. The number of hydrogen-bond donors (Lipinski definition) is 4. The highest BCUT2D eigenvalue weighted by Gasteiger charge is 2.32. The summed E-state index contributed by atoms with van der Waals surface area (Å²) < 4.78 is 38.1. The van der Waals surface area contributed by atoms with E-state index in [1.54, 1.807) is 18.4 Å². The molecule has 3 rings (SSSR count). The van der Waals surface area contributed by atoms with Gasteiger partial charge in [0, 0.05) is 11.6 Å². The second kappa shape index (κ2) is 8.54. The van der Waals surface area contributed by atoms with Gasteiger partial charge in [-0.3, -0.25) is 9.78 Å². The van der Waals surface area contributed by atoms with Gasteiger partial charge in [0.05, 0.1) is 34.8 Å². The summed E-state index contributed by atoms with van der Waals surface area (Å²) in [5, 5.41) is 14.5. The van der Waals surface area contributed by atoms with Gasteiger partial charge in [-0.05, 0) is 44.2 Å². The minimum Gasteiger partial charge on any atom is -0.390 e. The number of aliphatic hydroxyl groups is 1. The number of pyridine rings is 1. The number of aromatic nitrogens is 3. The average Bonchev–Trinajstić information content (AvgIpc) is 3.37. The van der Waals surface area contributed by atoms with Gasteiger partial charge in [0.25, 0.3) is 5.91 Å². The number of carbonyl (C=O) groups is 1. The van der Waals surface area contributed by atoms with Crippen molar-refractivity contribution in [3.8, 4) is 11.4 Å². The molecule has 1 atom stereocenters.